The summed E-state index contributed by atoms with van der Waals surface area (Å²) in [6, 6.07) is 33.6. The van der Waals surface area contributed by atoms with Crippen LogP contribution in [0.5, 0.6) is 17.2 Å². The summed E-state index contributed by atoms with van der Waals surface area (Å²) in [4.78, 5) is 0. The molecule has 0 unspecified atom stereocenters. The number of aromatic hydroxyl groups is 1. The minimum atomic E-state index is -1.72. The van der Waals surface area contributed by atoms with Crippen LogP contribution in [0.25, 0.3) is 0 Å². The highest BCUT2D eigenvalue weighted by molar-refractivity contribution is 9.10. The van der Waals surface area contributed by atoms with Crippen molar-refractivity contribution in [2.24, 2.45) is 0 Å². The van der Waals surface area contributed by atoms with Crippen LogP contribution in [0.15, 0.2) is 95.5 Å². The number of phenols is 1. The van der Waals surface area contributed by atoms with E-state index in [9.17, 15) is 5.11 Å². The summed E-state index contributed by atoms with van der Waals surface area (Å²) in [5.41, 5.74) is 1.96. The molecule has 0 bridgehead atoms. The number of hydrogen-bond donors (Lipinski definition) is 1. The number of rotatable bonds is 16. The second-order valence-electron chi connectivity index (χ2n) is 11.0. The summed E-state index contributed by atoms with van der Waals surface area (Å²) in [6.45, 7) is 2.02. The van der Waals surface area contributed by atoms with Crippen molar-refractivity contribution in [1.82, 2.24) is 0 Å². The average molecular weight is 729 g/mol. The molecule has 6 heteroatoms. The molecule has 0 aliphatic heterocycles. The van der Waals surface area contributed by atoms with Crippen LogP contribution in [0.4, 0.5) is 0 Å². The average Bonchev–Trinajstić information content (AvgIpc) is 3.04. The summed E-state index contributed by atoms with van der Waals surface area (Å²) < 4.78 is 11.7. The molecule has 0 atom stereocenters. The van der Waals surface area contributed by atoms with E-state index >= 15 is 0 Å². The Labute approximate surface area is 278 Å². The highest BCUT2D eigenvalue weighted by Crippen LogP contribution is 2.56. The Hall–Kier alpha value is -2.33. The van der Waals surface area contributed by atoms with E-state index in [4.69, 9.17) is 9.47 Å². The van der Waals surface area contributed by atoms with Gasteiger partial charge in [0.05, 0.1) is 24.9 Å². The summed E-state index contributed by atoms with van der Waals surface area (Å²) in [7, 11) is 1.44. The lowest BCUT2D eigenvalue weighted by Crippen LogP contribution is -3.00. The zero-order valence-corrected chi connectivity index (χ0v) is 29.8. The Kier molecular flexibility index (Phi) is 14.6. The molecule has 230 valence electrons. The van der Waals surface area contributed by atoms with E-state index in [-0.39, 0.29) is 22.7 Å². The molecule has 4 aromatic rings. The lowest BCUT2D eigenvalue weighted by atomic mass is 9.99. The topological polar surface area (TPSA) is 38.7 Å². The van der Waals surface area contributed by atoms with Crippen molar-refractivity contribution in [3.05, 3.63) is 107 Å². The normalized spacial score (nSPS) is 11.2. The first-order valence-corrected chi connectivity index (χ1v) is 18.0. The van der Waals surface area contributed by atoms with Gasteiger partial charge in [-0.25, -0.2) is 0 Å². The van der Waals surface area contributed by atoms with Crippen molar-refractivity contribution in [3.8, 4) is 17.2 Å². The van der Waals surface area contributed by atoms with Gasteiger partial charge in [0.25, 0.3) is 0 Å². The molecule has 0 spiro atoms. The number of unbranched alkanes of at least 4 members (excludes halogenated alkanes) is 7. The molecule has 0 aliphatic carbocycles. The summed E-state index contributed by atoms with van der Waals surface area (Å²) >= 11 is 3.62. The zero-order valence-electron chi connectivity index (χ0n) is 25.7. The van der Waals surface area contributed by atoms with Crippen LogP contribution in [0.2, 0.25) is 0 Å². The lowest BCUT2D eigenvalue weighted by molar-refractivity contribution is -0.00000979. The molecule has 43 heavy (non-hydrogen) atoms. The molecule has 0 aliphatic rings. The van der Waals surface area contributed by atoms with E-state index in [1.54, 1.807) is 14.2 Å². The van der Waals surface area contributed by atoms with Crippen molar-refractivity contribution in [2.75, 3.05) is 20.4 Å². The van der Waals surface area contributed by atoms with E-state index < -0.39 is 7.26 Å². The monoisotopic (exact) mass is 726 g/mol. The van der Waals surface area contributed by atoms with Crippen molar-refractivity contribution >= 4 is 39.1 Å². The van der Waals surface area contributed by atoms with Gasteiger partial charge in [-0.1, -0.05) is 86.7 Å². The first-order valence-electron chi connectivity index (χ1n) is 15.2. The maximum absolute atomic E-state index is 10.8. The van der Waals surface area contributed by atoms with Crippen molar-refractivity contribution in [1.29, 1.82) is 0 Å². The van der Waals surface area contributed by atoms with Crippen LogP contribution in [-0.2, 0) is 6.42 Å². The predicted molar refractivity (Wildman–Crippen MR) is 184 cm³/mol. The molecule has 0 saturated heterocycles. The first-order chi connectivity index (χ1) is 20.5. The van der Waals surface area contributed by atoms with Crippen LogP contribution in [-0.4, -0.2) is 25.5 Å². The molecule has 0 fully saturated rings. The lowest BCUT2D eigenvalue weighted by Gasteiger charge is -2.27. The van der Waals surface area contributed by atoms with E-state index in [1.165, 1.54) is 60.6 Å². The van der Waals surface area contributed by atoms with Crippen LogP contribution in [0.1, 0.15) is 62.5 Å². The third-order valence-corrected chi connectivity index (χ3v) is 13.8. The Morgan fingerprint density at radius 3 is 1.42 bits per heavy atom. The number of ether oxygens (including phenoxy) is 2. The Balaban J connectivity index is 0.00000506. The number of halogens is 2. The smallest absolute Gasteiger partial charge is 0.204 e. The highest BCUT2D eigenvalue weighted by atomic mass is 79.9. The molecule has 0 radical (unpaired) electrons. The van der Waals surface area contributed by atoms with Gasteiger partial charge in [-0.2, -0.15) is 0 Å². The van der Waals surface area contributed by atoms with Gasteiger partial charge in [-0.05, 0) is 90.5 Å². The summed E-state index contributed by atoms with van der Waals surface area (Å²) in [6.07, 6.45) is 11.8. The Morgan fingerprint density at radius 2 is 1.00 bits per heavy atom. The molecule has 0 aromatic heterocycles. The molecule has 0 heterocycles. The predicted octanol–water partition coefficient (Wildman–Crippen LogP) is 6.14. The van der Waals surface area contributed by atoms with Crippen LogP contribution < -0.4 is 42.4 Å². The molecule has 0 amide bonds. The minimum Gasteiger partial charge on any atom is -1.00 e. The van der Waals surface area contributed by atoms with Crippen LogP contribution in [0.3, 0.4) is 0 Å². The second kappa shape index (κ2) is 17.8. The van der Waals surface area contributed by atoms with Gasteiger partial charge in [0, 0.05) is 5.56 Å². The molecule has 4 aromatic carbocycles. The largest absolute Gasteiger partial charge is 1.00 e. The van der Waals surface area contributed by atoms with Gasteiger partial charge in [-0.3, -0.25) is 0 Å². The maximum atomic E-state index is 10.8. The summed E-state index contributed by atoms with van der Waals surface area (Å²) in [5, 5.41) is 15.2. The number of hydrogen-bond acceptors (Lipinski definition) is 3. The Morgan fingerprint density at radius 1 is 0.605 bits per heavy atom. The fraction of sp³-hybridized carbons (Fsp3) is 0.351. The maximum Gasteiger partial charge on any atom is 0.204 e. The molecule has 3 nitrogen and oxygen atoms in total. The van der Waals surface area contributed by atoms with E-state index in [0.29, 0.717) is 11.5 Å². The van der Waals surface area contributed by atoms with Crippen molar-refractivity contribution in [3.63, 3.8) is 0 Å². The standard InChI is InChI=1S/C37H44BrO3P.BrH/c1-29-33(35(39)37(41-3)36(40-2)34(29)38)27-19-8-6-4-5-7-9-20-28-42(30-21-13-10-14-22-30,31-23-15-11-16-24-31)32-25-17-12-18-26-32;/h10-18,21-26H,4-9,19-20,27-28H2,1-3H3;1H. The van der Waals surface area contributed by atoms with Crippen molar-refractivity contribution < 1.29 is 31.6 Å². The SMILES string of the molecule is COc1c(O)c(CCCCCCCCCC[P+](c2ccccc2)(c2ccccc2)c2ccccc2)c(C)c(Br)c1OC.[Br-]. The number of phenolic OH excluding ortho intramolecular Hbond substituents is 1. The van der Waals surface area contributed by atoms with Gasteiger partial charge >= 0.3 is 0 Å². The molecule has 1 N–H and O–H groups in total. The minimum absolute atomic E-state index is 0. The number of methoxy groups -OCH3 is 2. The van der Waals surface area contributed by atoms with Gasteiger partial charge < -0.3 is 31.6 Å². The molecule has 4 rings (SSSR count). The van der Waals surface area contributed by atoms with Gasteiger partial charge in [0.1, 0.15) is 23.2 Å². The number of benzene rings is 4. The van der Waals surface area contributed by atoms with Gasteiger partial charge in [0.2, 0.25) is 5.75 Å². The fourth-order valence-corrected chi connectivity index (χ4v) is 11.1. The van der Waals surface area contributed by atoms with Crippen molar-refractivity contribution in [2.45, 2.75) is 64.7 Å². The second-order valence-corrected chi connectivity index (χ2v) is 15.4. The third-order valence-electron chi connectivity index (χ3n) is 8.36. The van der Waals surface area contributed by atoms with Crippen LogP contribution >= 0.6 is 23.2 Å². The summed E-state index contributed by atoms with van der Waals surface area (Å²) in [5.74, 6) is 1.16. The molecule has 0 saturated carbocycles. The fourth-order valence-electron chi connectivity index (χ4n) is 6.10. The third kappa shape index (κ3) is 8.44. The highest BCUT2D eigenvalue weighted by Gasteiger charge is 2.44. The zero-order chi connectivity index (χ0) is 29.8. The van der Waals surface area contributed by atoms with E-state index in [1.807, 2.05) is 6.92 Å². The Bertz CT molecular complexity index is 1290. The quantitative estimate of drug-likeness (QED) is 0.111. The molecular formula is C37H45Br2O3P. The molecular weight excluding hydrogens is 683 g/mol. The van der Waals surface area contributed by atoms with Gasteiger partial charge in [-0.15, -0.1) is 0 Å². The van der Waals surface area contributed by atoms with E-state index in [2.05, 4.69) is 107 Å². The van der Waals surface area contributed by atoms with Gasteiger partial charge in [0.15, 0.2) is 11.5 Å². The van der Waals surface area contributed by atoms with E-state index in [0.717, 1.165) is 34.9 Å². The first kappa shape index (κ1) is 35.2. The van der Waals surface area contributed by atoms with Crippen LogP contribution in [0, 0.1) is 6.92 Å².